The number of benzene rings is 1. The van der Waals surface area contributed by atoms with Gasteiger partial charge in [-0.15, -0.1) is 0 Å². The van der Waals surface area contributed by atoms with Crippen molar-refractivity contribution >= 4 is 28.8 Å². The number of anilines is 3. The first-order chi connectivity index (χ1) is 20.8. The Bertz CT molecular complexity index is 1610. The van der Waals surface area contributed by atoms with Gasteiger partial charge in [-0.3, -0.25) is 14.5 Å². The summed E-state index contributed by atoms with van der Waals surface area (Å²) in [5.74, 6) is -0.586. The van der Waals surface area contributed by atoms with Gasteiger partial charge < -0.3 is 24.8 Å². The van der Waals surface area contributed by atoms with Crippen molar-refractivity contribution in [1.82, 2.24) is 19.9 Å². The van der Waals surface area contributed by atoms with Gasteiger partial charge in [-0.2, -0.15) is 13.2 Å². The van der Waals surface area contributed by atoms with E-state index in [1.165, 1.54) is 19.2 Å². The van der Waals surface area contributed by atoms with E-state index < -0.39 is 34.6 Å². The molecule has 0 unspecified atom stereocenters. The van der Waals surface area contributed by atoms with Crippen molar-refractivity contribution in [3.63, 3.8) is 0 Å². The minimum absolute atomic E-state index is 0.0910. The molecule has 1 fully saturated rings. The average Bonchev–Trinajstić information content (AvgIpc) is 3.00. The topological polar surface area (TPSA) is 107 Å². The first-order valence-electron chi connectivity index (χ1n) is 14.1. The highest BCUT2D eigenvalue weighted by atomic mass is 19.4. The Balaban J connectivity index is 1.51. The number of nitrogens with one attached hydrogen (secondary N) is 2. The van der Waals surface area contributed by atoms with Crippen molar-refractivity contribution in [2.75, 3.05) is 55.5 Å². The number of carbonyl (C=O) groups excluding carboxylic acids is 1. The van der Waals surface area contributed by atoms with Crippen LogP contribution in [-0.2, 0) is 6.18 Å². The van der Waals surface area contributed by atoms with Crippen molar-refractivity contribution < 1.29 is 27.1 Å². The first-order valence-corrected chi connectivity index (χ1v) is 14.1. The van der Waals surface area contributed by atoms with Crippen LogP contribution in [0.4, 0.5) is 34.9 Å². The number of nitrogens with zero attached hydrogens (tertiary/aromatic N) is 5. The Morgan fingerprint density at radius 2 is 1.77 bits per heavy atom. The molecule has 0 saturated carbocycles. The summed E-state index contributed by atoms with van der Waals surface area (Å²) in [6.45, 7) is 5.94. The number of aromatic amines is 1. The quantitative estimate of drug-likeness (QED) is 0.393. The monoisotopic (exact) mass is 615 g/mol. The van der Waals surface area contributed by atoms with E-state index in [9.17, 15) is 22.8 Å². The highest BCUT2D eigenvalue weighted by molar-refractivity contribution is 6.07. The molecule has 0 radical (unpaired) electrons. The van der Waals surface area contributed by atoms with E-state index in [0.717, 1.165) is 6.20 Å². The van der Waals surface area contributed by atoms with E-state index >= 15 is 4.39 Å². The Labute approximate surface area is 251 Å². The fourth-order valence-electron chi connectivity index (χ4n) is 5.53. The minimum Gasteiger partial charge on any atom is -0.494 e. The lowest BCUT2D eigenvalue weighted by Gasteiger charge is -2.44. The SMILES string of the molecule is COc1cnc(N2CC=C(c3cc(NC(=O)c4c[nH]c(=O)cc4C(F)(F)F)c(N4C[C@@H](C)N(C)[C@@H](C)C4)cc3F)CC2)nc1. The van der Waals surface area contributed by atoms with Gasteiger partial charge in [0.1, 0.15) is 5.82 Å². The Hall–Kier alpha value is -4.46. The molecule has 0 bridgehead atoms. The van der Waals surface area contributed by atoms with Gasteiger partial charge in [0.25, 0.3) is 5.91 Å². The highest BCUT2D eigenvalue weighted by Crippen LogP contribution is 2.37. The van der Waals surface area contributed by atoms with Crippen molar-refractivity contribution in [2.45, 2.75) is 38.5 Å². The molecule has 4 heterocycles. The molecule has 1 aromatic carbocycles. The number of ether oxygens (including phenoxy) is 1. The van der Waals surface area contributed by atoms with Crippen molar-refractivity contribution in [3.05, 3.63) is 75.7 Å². The summed E-state index contributed by atoms with van der Waals surface area (Å²) in [6, 6.07) is 3.33. The third-order valence-corrected chi connectivity index (χ3v) is 8.20. The Morgan fingerprint density at radius 3 is 2.36 bits per heavy atom. The van der Waals surface area contributed by atoms with Crippen LogP contribution >= 0.6 is 0 Å². The predicted octanol–water partition coefficient (Wildman–Crippen LogP) is 4.41. The number of methoxy groups -OCH3 is 1. The number of alkyl halides is 3. The van der Waals surface area contributed by atoms with Crippen LogP contribution in [0.1, 0.15) is 41.8 Å². The van der Waals surface area contributed by atoms with Crippen LogP contribution in [0, 0.1) is 5.82 Å². The number of H-pyrrole nitrogens is 1. The summed E-state index contributed by atoms with van der Waals surface area (Å²) in [7, 11) is 3.51. The molecule has 2 aliphatic heterocycles. The lowest BCUT2D eigenvalue weighted by molar-refractivity contribution is -0.138. The van der Waals surface area contributed by atoms with E-state index in [2.05, 4.69) is 25.2 Å². The third kappa shape index (κ3) is 6.39. The normalized spacial score (nSPS) is 19.5. The largest absolute Gasteiger partial charge is 0.494 e. The predicted molar refractivity (Wildman–Crippen MR) is 159 cm³/mol. The number of carbonyl (C=O) groups is 1. The average molecular weight is 616 g/mol. The number of likely N-dealkylation sites (N-methyl/N-ethyl adjacent to an activating group) is 1. The van der Waals surface area contributed by atoms with Crippen LogP contribution in [0.15, 0.2) is 47.7 Å². The molecule has 14 heteroatoms. The highest BCUT2D eigenvalue weighted by Gasteiger charge is 2.36. The molecule has 0 spiro atoms. The second-order valence-corrected chi connectivity index (χ2v) is 11.0. The summed E-state index contributed by atoms with van der Waals surface area (Å²) in [5, 5.41) is 2.60. The van der Waals surface area contributed by atoms with Crippen LogP contribution in [0.5, 0.6) is 5.75 Å². The van der Waals surface area contributed by atoms with Gasteiger partial charge in [0.2, 0.25) is 11.5 Å². The molecule has 5 rings (SSSR count). The zero-order chi connectivity index (χ0) is 31.8. The van der Waals surface area contributed by atoms with Crippen LogP contribution in [0.3, 0.4) is 0 Å². The standard InChI is InChI=1S/C30H33F4N7O3/c1-17-15-41(16-18(2)39(17)3)26-11-24(31)21(19-5-7-40(8-6-19)29-36-12-20(44-4)13-37-29)9-25(26)38-28(43)22-14-35-27(42)10-23(22)30(32,33)34/h5,9-14,17-18H,6-8,15-16H2,1-4H3,(H,35,42)(H,38,43)/t17-,18+. The van der Waals surface area contributed by atoms with Crippen LogP contribution in [-0.4, -0.2) is 78.2 Å². The van der Waals surface area contributed by atoms with Crippen molar-refractivity contribution in [2.24, 2.45) is 0 Å². The molecular weight excluding hydrogens is 582 g/mol. The molecule has 2 aliphatic rings. The second kappa shape index (κ2) is 12.3. The van der Waals surface area contributed by atoms with E-state index in [1.807, 2.05) is 36.8 Å². The van der Waals surface area contributed by atoms with Gasteiger partial charge in [-0.05, 0) is 45.0 Å². The molecule has 1 saturated heterocycles. The summed E-state index contributed by atoms with van der Waals surface area (Å²) in [6.07, 6.45) is 1.18. The maximum atomic E-state index is 15.8. The molecular formula is C30H33F4N7O3. The maximum absolute atomic E-state index is 15.8. The molecule has 234 valence electrons. The summed E-state index contributed by atoms with van der Waals surface area (Å²) < 4.78 is 62.2. The first kappa shape index (κ1) is 31.0. The lowest BCUT2D eigenvalue weighted by atomic mass is 9.97. The lowest BCUT2D eigenvalue weighted by Crippen LogP contribution is -2.55. The van der Waals surface area contributed by atoms with E-state index in [0.29, 0.717) is 61.6 Å². The van der Waals surface area contributed by atoms with E-state index in [1.54, 1.807) is 12.4 Å². The number of halogens is 4. The van der Waals surface area contributed by atoms with Crippen LogP contribution in [0.2, 0.25) is 0 Å². The molecule has 10 nitrogen and oxygen atoms in total. The van der Waals surface area contributed by atoms with Crippen molar-refractivity contribution in [3.8, 4) is 5.75 Å². The maximum Gasteiger partial charge on any atom is 0.417 e. The summed E-state index contributed by atoms with van der Waals surface area (Å²) in [4.78, 5) is 41.8. The van der Waals surface area contributed by atoms with E-state index in [4.69, 9.17) is 4.74 Å². The number of aromatic nitrogens is 3. The zero-order valence-electron chi connectivity index (χ0n) is 24.7. The van der Waals surface area contributed by atoms with Crippen LogP contribution in [0.25, 0.3) is 5.57 Å². The van der Waals surface area contributed by atoms with Gasteiger partial charge in [-0.1, -0.05) is 6.08 Å². The smallest absolute Gasteiger partial charge is 0.417 e. The second-order valence-electron chi connectivity index (χ2n) is 11.0. The fraction of sp³-hybridized carbons (Fsp3) is 0.400. The molecule has 2 aromatic heterocycles. The number of piperazine rings is 1. The molecule has 2 atom stereocenters. The minimum atomic E-state index is -4.94. The van der Waals surface area contributed by atoms with Gasteiger partial charge in [0, 0.05) is 56.1 Å². The molecule has 3 aromatic rings. The Morgan fingerprint density at radius 1 is 1.09 bits per heavy atom. The number of amides is 1. The van der Waals surface area contributed by atoms with Crippen molar-refractivity contribution in [1.29, 1.82) is 0 Å². The van der Waals surface area contributed by atoms with Gasteiger partial charge >= 0.3 is 6.18 Å². The third-order valence-electron chi connectivity index (χ3n) is 8.20. The Kier molecular flexibility index (Phi) is 8.64. The number of hydrogen-bond donors (Lipinski definition) is 2. The van der Waals surface area contributed by atoms with Gasteiger partial charge in [-0.25, -0.2) is 14.4 Å². The fourth-order valence-corrected chi connectivity index (χ4v) is 5.53. The molecule has 44 heavy (non-hydrogen) atoms. The molecule has 1 amide bonds. The van der Waals surface area contributed by atoms with Crippen LogP contribution < -0.4 is 25.4 Å². The molecule has 2 N–H and O–H groups in total. The number of pyridine rings is 1. The van der Waals surface area contributed by atoms with Gasteiger partial charge in [0.05, 0.1) is 42.0 Å². The van der Waals surface area contributed by atoms with Gasteiger partial charge in [0.15, 0.2) is 5.75 Å². The summed E-state index contributed by atoms with van der Waals surface area (Å²) in [5.41, 5.74) is -1.68. The number of hydrogen-bond acceptors (Lipinski definition) is 8. The van der Waals surface area contributed by atoms with E-state index in [-0.39, 0.29) is 23.3 Å². The number of rotatable bonds is 6. The molecule has 0 aliphatic carbocycles. The summed E-state index contributed by atoms with van der Waals surface area (Å²) >= 11 is 0. The zero-order valence-corrected chi connectivity index (χ0v) is 24.7.